The van der Waals surface area contributed by atoms with Crippen molar-refractivity contribution in [3.63, 3.8) is 0 Å². The zero-order chi connectivity index (χ0) is 12.8. The number of rotatable bonds is 5. The third kappa shape index (κ3) is 4.50. The fourth-order valence-electron chi connectivity index (χ4n) is 1.24. The molecule has 17 heavy (non-hydrogen) atoms. The van der Waals surface area contributed by atoms with Crippen molar-refractivity contribution < 1.29 is 5.21 Å². The number of oxime groups is 1. The summed E-state index contributed by atoms with van der Waals surface area (Å²) in [6.07, 6.45) is 1.19. The molecule has 0 heterocycles. The van der Waals surface area contributed by atoms with Gasteiger partial charge in [0, 0.05) is 18.0 Å². The van der Waals surface area contributed by atoms with Gasteiger partial charge in [0.15, 0.2) is 0 Å². The van der Waals surface area contributed by atoms with Crippen molar-refractivity contribution in [2.24, 2.45) is 10.9 Å². The van der Waals surface area contributed by atoms with Crippen LogP contribution in [-0.2, 0) is 0 Å². The Morgan fingerprint density at radius 2 is 1.88 bits per heavy atom. The van der Waals surface area contributed by atoms with Gasteiger partial charge in [0.25, 0.3) is 0 Å². The predicted octanol–water partition coefficient (Wildman–Crippen LogP) is 3.59. The molecule has 0 fully saturated rings. The number of nitrogens with two attached hydrogens (primary N) is 1. The van der Waals surface area contributed by atoms with Crippen molar-refractivity contribution in [1.29, 1.82) is 0 Å². The average molecular weight is 297 g/mol. The van der Waals surface area contributed by atoms with Gasteiger partial charge < -0.3 is 16.3 Å². The number of nitrogens with zero attached hydrogens (tertiary/aromatic N) is 1. The molecule has 0 aliphatic rings. The van der Waals surface area contributed by atoms with Gasteiger partial charge in [-0.3, -0.25) is 0 Å². The number of hydrogen-bond acceptors (Lipinski definition) is 3. The summed E-state index contributed by atoms with van der Waals surface area (Å²) in [7, 11) is 0. The first-order valence-electron chi connectivity index (χ1n) is 4.89. The molecule has 0 bridgehead atoms. The second-order valence-electron chi connectivity index (χ2n) is 3.37. The minimum Gasteiger partial charge on any atom is -0.409 e. The maximum atomic E-state index is 8.36. The molecule has 4 N–H and O–H groups in total. The number of amidine groups is 1. The molecule has 0 radical (unpaired) electrons. The van der Waals surface area contributed by atoms with E-state index in [2.05, 4.69) is 10.5 Å². The van der Waals surface area contributed by atoms with Crippen LogP contribution >= 0.6 is 34.8 Å². The highest BCUT2D eigenvalue weighted by Crippen LogP contribution is 2.33. The van der Waals surface area contributed by atoms with Crippen molar-refractivity contribution in [3.8, 4) is 0 Å². The molecule has 94 valence electrons. The van der Waals surface area contributed by atoms with Crippen LogP contribution in [0.25, 0.3) is 0 Å². The first-order chi connectivity index (χ1) is 8.04. The smallest absolute Gasteiger partial charge is 0.139 e. The summed E-state index contributed by atoms with van der Waals surface area (Å²) in [5.74, 6) is 0.195. The van der Waals surface area contributed by atoms with Crippen molar-refractivity contribution in [2.45, 2.75) is 12.8 Å². The highest BCUT2D eigenvalue weighted by atomic mass is 35.5. The molecule has 0 spiro atoms. The number of halogens is 3. The number of nitrogens with one attached hydrogen (secondary N) is 1. The van der Waals surface area contributed by atoms with E-state index in [1.165, 1.54) is 0 Å². The molecule has 4 nitrogen and oxygen atoms in total. The normalized spacial score (nSPS) is 11.6. The van der Waals surface area contributed by atoms with Crippen LogP contribution in [0.5, 0.6) is 0 Å². The van der Waals surface area contributed by atoms with Gasteiger partial charge in [-0.05, 0) is 18.6 Å². The molecule has 0 aliphatic heterocycles. The van der Waals surface area contributed by atoms with Crippen LogP contribution in [-0.4, -0.2) is 17.6 Å². The van der Waals surface area contributed by atoms with Gasteiger partial charge in [0.05, 0.1) is 15.7 Å². The molecular weight excluding hydrogens is 284 g/mol. The SMILES string of the molecule is N/C(CCCNc1c(Cl)cc(Cl)cc1Cl)=N\O. The Morgan fingerprint density at radius 1 is 1.29 bits per heavy atom. The third-order valence-electron chi connectivity index (χ3n) is 2.05. The summed E-state index contributed by atoms with van der Waals surface area (Å²) in [6.45, 7) is 0.608. The Hall–Kier alpha value is -0.840. The lowest BCUT2D eigenvalue weighted by atomic mass is 10.2. The van der Waals surface area contributed by atoms with Gasteiger partial charge in [-0.2, -0.15) is 0 Å². The zero-order valence-corrected chi connectivity index (χ0v) is 11.1. The summed E-state index contributed by atoms with van der Waals surface area (Å²) in [4.78, 5) is 0. The van der Waals surface area contributed by atoms with Gasteiger partial charge in [0.1, 0.15) is 5.84 Å². The predicted molar refractivity (Wildman–Crippen MR) is 72.6 cm³/mol. The Bertz CT molecular complexity index is 400. The molecule has 1 aromatic rings. The van der Waals surface area contributed by atoms with E-state index in [4.69, 9.17) is 45.7 Å². The minimum atomic E-state index is 0.195. The van der Waals surface area contributed by atoms with E-state index in [1.54, 1.807) is 12.1 Å². The third-order valence-corrected chi connectivity index (χ3v) is 2.86. The van der Waals surface area contributed by atoms with Gasteiger partial charge in [0.2, 0.25) is 0 Å². The van der Waals surface area contributed by atoms with E-state index in [-0.39, 0.29) is 5.84 Å². The molecule has 0 aromatic heterocycles. The first-order valence-corrected chi connectivity index (χ1v) is 6.02. The first kappa shape index (κ1) is 14.2. The molecular formula is C10H12Cl3N3O. The monoisotopic (exact) mass is 295 g/mol. The second-order valence-corrected chi connectivity index (χ2v) is 4.62. The highest BCUT2D eigenvalue weighted by molar-refractivity contribution is 6.41. The standard InChI is InChI=1S/C10H12Cl3N3O/c11-6-4-7(12)10(8(13)5-6)15-3-1-2-9(14)16-17/h4-5,15,17H,1-3H2,(H2,14,16). The van der Waals surface area contributed by atoms with Crippen LogP contribution in [0.4, 0.5) is 5.69 Å². The van der Waals surface area contributed by atoms with E-state index >= 15 is 0 Å². The molecule has 0 saturated heterocycles. The molecule has 7 heteroatoms. The summed E-state index contributed by atoms with van der Waals surface area (Å²) in [6, 6.07) is 3.22. The van der Waals surface area contributed by atoms with Crippen LogP contribution in [0.15, 0.2) is 17.3 Å². The highest BCUT2D eigenvalue weighted by Gasteiger charge is 2.06. The summed E-state index contributed by atoms with van der Waals surface area (Å²) >= 11 is 17.8. The quantitative estimate of drug-likeness (QED) is 0.256. The summed E-state index contributed by atoms with van der Waals surface area (Å²) in [5, 5.41) is 15.7. The number of anilines is 1. The van der Waals surface area contributed by atoms with Crippen molar-refractivity contribution in [3.05, 3.63) is 27.2 Å². The van der Waals surface area contributed by atoms with Crippen LogP contribution in [0, 0.1) is 0 Å². The fraction of sp³-hybridized carbons (Fsp3) is 0.300. The molecule has 0 atom stereocenters. The molecule has 0 unspecified atom stereocenters. The fourth-order valence-corrected chi connectivity index (χ4v) is 2.19. The van der Waals surface area contributed by atoms with E-state index in [0.29, 0.717) is 40.1 Å². The van der Waals surface area contributed by atoms with Crippen LogP contribution in [0.1, 0.15) is 12.8 Å². The minimum absolute atomic E-state index is 0.195. The van der Waals surface area contributed by atoms with Crippen molar-refractivity contribution in [1.82, 2.24) is 0 Å². The van der Waals surface area contributed by atoms with Gasteiger partial charge in [-0.25, -0.2) is 0 Å². The molecule has 1 rings (SSSR count). The Kier molecular flexibility index (Phi) is 5.68. The maximum Gasteiger partial charge on any atom is 0.139 e. The average Bonchev–Trinajstić information content (AvgIpc) is 2.26. The summed E-state index contributed by atoms with van der Waals surface area (Å²) < 4.78 is 0. The maximum absolute atomic E-state index is 8.36. The van der Waals surface area contributed by atoms with E-state index in [9.17, 15) is 0 Å². The van der Waals surface area contributed by atoms with Crippen LogP contribution in [0.2, 0.25) is 15.1 Å². The number of hydrogen-bond donors (Lipinski definition) is 3. The van der Waals surface area contributed by atoms with Crippen molar-refractivity contribution in [2.75, 3.05) is 11.9 Å². The Morgan fingerprint density at radius 3 is 2.41 bits per heavy atom. The molecule has 0 saturated carbocycles. The van der Waals surface area contributed by atoms with Crippen molar-refractivity contribution >= 4 is 46.3 Å². The van der Waals surface area contributed by atoms with Gasteiger partial charge in [-0.1, -0.05) is 40.0 Å². The number of benzene rings is 1. The lowest BCUT2D eigenvalue weighted by Gasteiger charge is -2.10. The van der Waals surface area contributed by atoms with Gasteiger partial charge >= 0.3 is 0 Å². The van der Waals surface area contributed by atoms with E-state index in [1.807, 2.05) is 0 Å². The Labute approximate surface area is 114 Å². The largest absolute Gasteiger partial charge is 0.409 e. The van der Waals surface area contributed by atoms with Gasteiger partial charge in [-0.15, -0.1) is 0 Å². The van der Waals surface area contributed by atoms with E-state index < -0.39 is 0 Å². The topological polar surface area (TPSA) is 70.6 Å². The molecule has 0 amide bonds. The molecule has 0 aliphatic carbocycles. The summed E-state index contributed by atoms with van der Waals surface area (Å²) in [5.41, 5.74) is 5.97. The lowest BCUT2D eigenvalue weighted by Crippen LogP contribution is -2.13. The molecule has 1 aromatic carbocycles. The van der Waals surface area contributed by atoms with Crippen LogP contribution in [0.3, 0.4) is 0 Å². The van der Waals surface area contributed by atoms with E-state index in [0.717, 1.165) is 0 Å². The Balaban J connectivity index is 2.52. The zero-order valence-electron chi connectivity index (χ0n) is 8.88. The van der Waals surface area contributed by atoms with Crippen LogP contribution < -0.4 is 11.1 Å². The second kappa shape index (κ2) is 6.79. The lowest BCUT2D eigenvalue weighted by molar-refractivity contribution is 0.316.